The first-order valence-corrected chi connectivity index (χ1v) is 11.1. The second-order valence-electron chi connectivity index (χ2n) is 7.50. The van der Waals surface area contributed by atoms with Gasteiger partial charge in [-0.05, 0) is 24.6 Å². The van der Waals surface area contributed by atoms with Crippen LogP contribution in [0.1, 0.15) is 10.4 Å². The number of benzene rings is 1. The summed E-state index contributed by atoms with van der Waals surface area (Å²) >= 11 is 0. The molecule has 156 valence electrons. The zero-order valence-electron chi connectivity index (χ0n) is 16.4. The van der Waals surface area contributed by atoms with Crippen molar-refractivity contribution in [2.24, 2.45) is 0 Å². The number of hydrogen-bond donors (Lipinski definition) is 1. The van der Waals surface area contributed by atoms with E-state index in [4.69, 9.17) is 0 Å². The Balaban J connectivity index is 1.45. The minimum Gasteiger partial charge on any atom is -0.336 e. The van der Waals surface area contributed by atoms with Crippen LogP contribution in [0.2, 0.25) is 0 Å². The van der Waals surface area contributed by atoms with Crippen molar-refractivity contribution in [3.8, 4) is 0 Å². The fourth-order valence-corrected chi connectivity index (χ4v) is 5.36. The third-order valence-electron chi connectivity index (χ3n) is 5.62. The first-order valence-electron chi connectivity index (χ1n) is 9.71. The number of carbonyl (C=O) groups excluding carboxylic acids is 1. The van der Waals surface area contributed by atoms with Gasteiger partial charge in [0.05, 0.1) is 0 Å². The molecule has 2 aliphatic rings. The summed E-state index contributed by atoms with van der Waals surface area (Å²) in [5, 5.41) is 0.784. The third-order valence-corrected chi connectivity index (χ3v) is 7.66. The summed E-state index contributed by atoms with van der Waals surface area (Å²) in [5.74, 6) is -0.367. The van der Waals surface area contributed by atoms with Gasteiger partial charge in [0.2, 0.25) is 0 Å². The molecule has 0 atom stereocenters. The average Bonchev–Trinajstić information content (AvgIpc) is 2.73. The van der Waals surface area contributed by atoms with Gasteiger partial charge >= 0.3 is 0 Å². The number of fused-ring (bicyclic) bond motifs is 1. The quantitative estimate of drug-likeness (QED) is 0.742. The molecular weight excluding hydrogens is 394 g/mol. The predicted octanol–water partition coefficient (Wildman–Crippen LogP) is -0.222. The molecular formula is C19H25N5O4S. The van der Waals surface area contributed by atoms with Crippen molar-refractivity contribution in [1.82, 2.24) is 23.4 Å². The van der Waals surface area contributed by atoms with Crippen LogP contribution in [0.4, 0.5) is 0 Å². The van der Waals surface area contributed by atoms with Gasteiger partial charge in [-0.2, -0.15) is 17.0 Å². The first kappa shape index (κ1) is 20.0. The van der Waals surface area contributed by atoms with Crippen LogP contribution in [-0.4, -0.2) is 97.1 Å². The Morgan fingerprint density at radius 2 is 1.52 bits per heavy atom. The molecule has 0 saturated carbocycles. The standard InChI is InChI=1S/C19H25N5O4S/c1-21-6-10-23(11-7-21)29(27,28)24-12-8-22(9-13-24)19(26)16-14-15-4-2-3-5-17(15)20-18(16)25/h2-5,14H,6-13H2,1H3,(H,20,25). The third kappa shape index (κ3) is 3.93. The number of hydrogen-bond acceptors (Lipinski definition) is 5. The number of nitrogens with one attached hydrogen (secondary N) is 1. The van der Waals surface area contributed by atoms with E-state index in [1.165, 1.54) is 8.61 Å². The summed E-state index contributed by atoms with van der Waals surface area (Å²) in [6.07, 6.45) is 0. The zero-order chi connectivity index (χ0) is 20.6. The summed E-state index contributed by atoms with van der Waals surface area (Å²) in [6.45, 7) is 3.35. The highest BCUT2D eigenvalue weighted by molar-refractivity contribution is 7.86. The smallest absolute Gasteiger partial charge is 0.282 e. The van der Waals surface area contributed by atoms with Gasteiger partial charge in [-0.15, -0.1) is 0 Å². The summed E-state index contributed by atoms with van der Waals surface area (Å²) in [7, 11) is -1.55. The summed E-state index contributed by atoms with van der Waals surface area (Å²) < 4.78 is 28.7. The Morgan fingerprint density at radius 3 is 2.17 bits per heavy atom. The van der Waals surface area contributed by atoms with E-state index in [0.29, 0.717) is 31.7 Å². The molecule has 1 aromatic heterocycles. The number of nitrogens with zero attached hydrogens (tertiary/aromatic N) is 4. The highest BCUT2D eigenvalue weighted by Gasteiger charge is 2.35. The van der Waals surface area contributed by atoms with Crippen LogP contribution in [0.25, 0.3) is 10.9 Å². The lowest BCUT2D eigenvalue weighted by Gasteiger charge is -2.39. The lowest BCUT2D eigenvalue weighted by molar-refractivity contribution is 0.0690. The highest BCUT2D eigenvalue weighted by atomic mass is 32.2. The molecule has 0 spiro atoms. The van der Waals surface area contributed by atoms with Crippen LogP contribution in [0, 0.1) is 0 Å². The van der Waals surface area contributed by atoms with Gasteiger partial charge in [0, 0.05) is 57.9 Å². The Labute approximate surface area is 169 Å². The highest BCUT2D eigenvalue weighted by Crippen LogP contribution is 2.16. The normalized spacial score (nSPS) is 20.2. The van der Waals surface area contributed by atoms with Crippen LogP contribution in [-0.2, 0) is 10.2 Å². The molecule has 3 heterocycles. The molecule has 0 bridgehead atoms. The molecule has 4 rings (SSSR count). The van der Waals surface area contributed by atoms with Crippen LogP contribution in [0.5, 0.6) is 0 Å². The minimum atomic E-state index is -3.53. The molecule has 0 radical (unpaired) electrons. The summed E-state index contributed by atoms with van der Waals surface area (Å²) in [6, 6.07) is 8.89. The van der Waals surface area contributed by atoms with Crippen molar-refractivity contribution in [3.63, 3.8) is 0 Å². The fourth-order valence-electron chi connectivity index (χ4n) is 3.78. The second kappa shape index (κ2) is 7.86. The molecule has 1 amide bonds. The molecule has 1 aromatic carbocycles. The number of aromatic amines is 1. The van der Waals surface area contributed by atoms with Crippen molar-refractivity contribution >= 4 is 27.0 Å². The number of aromatic nitrogens is 1. The number of likely N-dealkylation sites (N-methyl/N-ethyl adjacent to an activating group) is 1. The van der Waals surface area contributed by atoms with Gasteiger partial charge in [0.15, 0.2) is 0 Å². The Kier molecular flexibility index (Phi) is 5.43. The van der Waals surface area contributed by atoms with Gasteiger partial charge in [-0.3, -0.25) is 9.59 Å². The Hall–Kier alpha value is -2.27. The summed E-state index contributed by atoms with van der Waals surface area (Å²) in [4.78, 5) is 31.6. The van der Waals surface area contributed by atoms with Crippen molar-refractivity contribution in [3.05, 3.63) is 46.2 Å². The molecule has 1 N–H and O–H groups in total. The molecule has 0 unspecified atom stereocenters. The minimum absolute atomic E-state index is 0.0825. The topological polar surface area (TPSA) is 97.0 Å². The first-order chi connectivity index (χ1) is 13.9. The van der Waals surface area contributed by atoms with E-state index in [1.807, 2.05) is 25.2 Å². The Morgan fingerprint density at radius 1 is 0.931 bits per heavy atom. The lowest BCUT2D eigenvalue weighted by Crippen LogP contribution is -2.57. The monoisotopic (exact) mass is 419 g/mol. The van der Waals surface area contributed by atoms with E-state index in [0.717, 1.165) is 5.39 Å². The predicted molar refractivity (Wildman–Crippen MR) is 110 cm³/mol. The van der Waals surface area contributed by atoms with E-state index in [1.54, 1.807) is 17.0 Å². The zero-order valence-corrected chi connectivity index (χ0v) is 17.2. The van der Waals surface area contributed by atoms with E-state index in [9.17, 15) is 18.0 Å². The number of rotatable bonds is 3. The van der Waals surface area contributed by atoms with Crippen LogP contribution in [0.3, 0.4) is 0 Å². The largest absolute Gasteiger partial charge is 0.336 e. The maximum atomic E-state index is 12.9. The van der Waals surface area contributed by atoms with E-state index >= 15 is 0 Å². The van der Waals surface area contributed by atoms with Gasteiger partial charge in [0.25, 0.3) is 21.7 Å². The molecule has 9 nitrogen and oxygen atoms in total. The van der Waals surface area contributed by atoms with Gasteiger partial charge in [-0.1, -0.05) is 18.2 Å². The number of carbonyl (C=O) groups is 1. The van der Waals surface area contributed by atoms with E-state index in [-0.39, 0.29) is 37.6 Å². The SMILES string of the molecule is CN1CCN(S(=O)(=O)N2CCN(C(=O)c3cc4ccccc4[nH]c3=O)CC2)CC1. The number of H-pyrrole nitrogens is 1. The van der Waals surface area contributed by atoms with Crippen molar-refractivity contribution in [1.29, 1.82) is 0 Å². The average molecular weight is 420 g/mol. The van der Waals surface area contributed by atoms with E-state index in [2.05, 4.69) is 9.88 Å². The van der Waals surface area contributed by atoms with Crippen molar-refractivity contribution in [2.45, 2.75) is 0 Å². The van der Waals surface area contributed by atoms with Crippen LogP contribution in [0.15, 0.2) is 35.1 Å². The molecule has 2 aromatic rings. The maximum absolute atomic E-state index is 12.9. The molecule has 29 heavy (non-hydrogen) atoms. The Bertz CT molecular complexity index is 1070. The van der Waals surface area contributed by atoms with Crippen molar-refractivity contribution in [2.75, 3.05) is 59.4 Å². The number of amides is 1. The van der Waals surface area contributed by atoms with Crippen molar-refractivity contribution < 1.29 is 13.2 Å². The van der Waals surface area contributed by atoms with E-state index < -0.39 is 15.8 Å². The number of piperazine rings is 2. The van der Waals surface area contributed by atoms with Crippen LogP contribution < -0.4 is 5.56 Å². The van der Waals surface area contributed by atoms with Gasteiger partial charge in [0.1, 0.15) is 5.56 Å². The molecule has 0 aliphatic carbocycles. The lowest BCUT2D eigenvalue weighted by atomic mass is 10.1. The molecule has 2 fully saturated rings. The second-order valence-corrected chi connectivity index (χ2v) is 9.43. The number of para-hydroxylation sites is 1. The van der Waals surface area contributed by atoms with Crippen LogP contribution >= 0.6 is 0 Å². The number of pyridine rings is 1. The maximum Gasteiger partial charge on any atom is 0.282 e. The molecule has 10 heteroatoms. The molecule has 2 aliphatic heterocycles. The fraction of sp³-hybridized carbons (Fsp3) is 0.474. The van der Waals surface area contributed by atoms with Gasteiger partial charge in [-0.25, -0.2) is 0 Å². The van der Waals surface area contributed by atoms with Gasteiger partial charge < -0.3 is 14.8 Å². The molecule has 2 saturated heterocycles. The summed E-state index contributed by atoms with van der Waals surface area (Å²) in [5.41, 5.74) is 0.331.